The molecule has 28 heavy (non-hydrogen) atoms. The molecule has 0 saturated carbocycles. The van der Waals surface area contributed by atoms with E-state index in [9.17, 15) is 10.2 Å². The van der Waals surface area contributed by atoms with Gasteiger partial charge in [-0.1, -0.05) is 66.2 Å². The van der Waals surface area contributed by atoms with Crippen LogP contribution < -0.4 is 0 Å². The Morgan fingerprint density at radius 2 is 1.54 bits per heavy atom. The fraction of sp³-hybridized carbons (Fsp3) is 0.391. The first-order chi connectivity index (χ1) is 13.5. The second-order valence-electron chi connectivity index (χ2n) is 7.37. The highest BCUT2D eigenvalue weighted by Crippen LogP contribution is 2.36. The van der Waals surface area contributed by atoms with Gasteiger partial charge in [-0.15, -0.1) is 0 Å². The summed E-state index contributed by atoms with van der Waals surface area (Å²) >= 11 is 0. The van der Waals surface area contributed by atoms with E-state index >= 15 is 0 Å². The van der Waals surface area contributed by atoms with E-state index in [0.29, 0.717) is 13.2 Å². The van der Waals surface area contributed by atoms with E-state index in [0.717, 1.165) is 16.7 Å². The Balaban J connectivity index is 1.75. The normalized spacial score (nSPS) is 26.9. The Bertz CT molecular complexity index is 757. The van der Waals surface area contributed by atoms with E-state index in [1.807, 2.05) is 80.6 Å². The average Bonchev–Trinajstić information content (AvgIpc) is 2.91. The van der Waals surface area contributed by atoms with Gasteiger partial charge in [0, 0.05) is 0 Å². The van der Waals surface area contributed by atoms with Gasteiger partial charge in [0.2, 0.25) is 0 Å². The van der Waals surface area contributed by atoms with Crippen LogP contribution >= 0.6 is 0 Å². The van der Waals surface area contributed by atoms with Gasteiger partial charge in [0.15, 0.2) is 6.29 Å². The molecule has 1 fully saturated rings. The zero-order valence-corrected chi connectivity index (χ0v) is 16.3. The van der Waals surface area contributed by atoms with Gasteiger partial charge in [0.25, 0.3) is 0 Å². The van der Waals surface area contributed by atoms with Crippen molar-refractivity contribution in [3.05, 3.63) is 83.4 Å². The molecular weight excluding hydrogens is 356 g/mol. The van der Waals surface area contributed by atoms with E-state index in [4.69, 9.17) is 14.2 Å². The third-order valence-corrected chi connectivity index (χ3v) is 4.67. The van der Waals surface area contributed by atoms with Gasteiger partial charge >= 0.3 is 0 Å². The molecule has 0 aromatic heterocycles. The van der Waals surface area contributed by atoms with Crippen LogP contribution in [0.3, 0.4) is 0 Å². The van der Waals surface area contributed by atoms with Crippen molar-refractivity contribution in [1.82, 2.24) is 0 Å². The predicted molar refractivity (Wildman–Crippen MR) is 106 cm³/mol. The molecule has 150 valence electrons. The number of rotatable bonds is 8. The zero-order valence-electron chi connectivity index (χ0n) is 16.3. The van der Waals surface area contributed by atoms with Gasteiger partial charge < -0.3 is 24.4 Å². The molecular formula is C23H28O5. The number of aliphatic hydroxyl groups excluding tert-OH is 2. The van der Waals surface area contributed by atoms with Crippen LogP contribution in [0.4, 0.5) is 0 Å². The maximum Gasteiger partial charge on any atom is 0.184 e. The van der Waals surface area contributed by atoms with Crippen LogP contribution in [0.1, 0.15) is 25.0 Å². The maximum atomic E-state index is 10.5. The summed E-state index contributed by atoms with van der Waals surface area (Å²) < 4.78 is 17.7. The highest BCUT2D eigenvalue weighted by Gasteiger charge is 2.54. The first kappa shape index (κ1) is 20.7. The van der Waals surface area contributed by atoms with Crippen molar-refractivity contribution >= 4 is 0 Å². The Hall–Kier alpha value is -2.02. The lowest BCUT2D eigenvalue weighted by molar-refractivity contribution is -0.166. The van der Waals surface area contributed by atoms with E-state index in [1.54, 1.807) is 0 Å². The van der Waals surface area contributed by atoms with E-state index in [-0.39, 0.29) is 6.61 Å². The minimum atomic E-state index is -1.34. The van der Waals surface area contributed by atoms with Gasteiger partial charge in [0.05, 0.1) is 19.8 Å². The molecule has 2 aromatic rings. The third-order valence-electron chi connectivity index (χ3n) is 4.67. The van der Waals surface area contributed by atoms with Crippen LogP contribution in [0.2, 0.25) is 0 Å². The summed E-state index contributed by atoms with van der Waals surface area (Å²) in [6, 6.07) is 19.5. The number of ether oxygens (including phenoxy) is 3. The van der Waals surface area contributed by atoms with Gasteiger partial charge in [0.1, 0.15) is 17.8 Å². The summed E-state index contributed by atoms with van der Waals surface area (Å²) in [4.78, 5) is 0. The molecule has 0 bridgehead atoms. The standard InChI is InChI=1S/C23H28O5/c1-17(2)13-23(16-26-14-18-9-5-3-6-10-18)21(20(24)22(25)28-23)27-15-19-11-7-4-8-12-19/h3-13,20-22,24-25H,14-16H2,1-2H3/t20-,21+,22?,23-/m1/s1. The van der Waals surface area contributed by atoms with Crippen LogP contribution in [0.15, 0.2) is 72.3 Å². The Labute approximate surface area is 166 Å². The number of allylic oxidation sites excluding steroid dienone is 1. The lowest BCUT2D eigenvalue weighted by atomic mass is 9.93. The molecule has 4 atom stereocenters. The van der Waals surface area contributed by atoms with Crippen LogP contribution in [-0.4, -0.2) is 40.9 Å². The van der Waals surface area contributed by atoms with Gasteiger partial charge in [-0.25, -0.2) is 0 Å². The molecule has 0 amide bonds. The van der Waals surface area contributed by atoms with Crippen molar-refractivity contribution in [2.45, 2.75) is 51.2 Å². The van der Waals surface area contributed by atoms with Gasteiger partial charge in [-0.3, -0.25) is 0 Å². The molecule has 0 aliphatic carbocycles. The van der Waals surface area contributed by atoms with Crippen molar-refractivity contribution in [2.75, 3.05) is 6.61 Å². The molecule has 5 nitrogen and oxygen atoms in total. The Morgan fingerprint density at radius 3 is 2.11 bits per heavy atom. The number of aliphatic hydroxyl groups is 2. The molecule has 2 N–H and O–H groups in total. The molecule has 3 rings (SSSR count). The summed E-state index contributed by atoms with van der Waals surface area (Å²) in [5.74, 6) is 0. The number of hydrogen-bond acceptors (Lipinski definition) is 5. The molecule has 1 saturated heterocycles. The highest BCUT2D eigenvalue weighted by molar-refractivity contribution is 5.19. The van der Waals surface area contributed by atoms with Crippen molar-refractivity contribution in [2.24, 2.45) is 0 Å². The smallest absolute Gasteiger partial charge is 0.184 e. The molecule has 5 heteroatoms. The first-order valence-electron chi connectivity index (χ1n) is 9.47. The van der Waals surface area contributed by atoms with E-state index in [1.165, 1.54) is 0 Å². The second-order valence-corrected chi connectivity index (χ2v) is 7.37. The highest BCUT2D eigenvalue weighted by atomic mass is 16.7. The summed E-state index contributed by atoms with van der Waals surface area (Å²) in [7, 11) is 0. The first-order valence-corrected chi connectivity index (χ1v) is 9.47. The van der Waals surface area contributed by atoms with E-state index < -0.39 is 24.1 Å². The van der Waals surface area contributed by atoms with Crippen molar-refractivity contribution < 1.29 is 24.4 Å². The second kappa shape index (κ2) is 9.45. The summed E-state index contributed by atoms with van der Waals surface area (Å²) in [5.41, 5.74) is 1.93. The molecule has 1 unspecified atom stereocenters. The molecule has 0 radical (unpaired) electrons. The lowest BCUT2D eigenvalue weighted by Crippen LogP contribution is -2.47. The fourth-order valence-electron chi connectivity index (χ4n) is 3.47. The largest absolute Gasteiger partial charge is 0.385 e. The van der Waals surface area contributed by atoms with Crippen molar-refractivity contribution in [3.8, 4) is 0 Å². The summed E-state index contributed by atoms with van der Waals surface area (Å²) in [6.45, 7) is 4.73. The Kier molecular flexibility index (Phi) is 6.99. The number of benzene rings is 2. The van der Waals surface area contributed by atoms with E-state index in [2.05, 4.69) is 0 Å². The van der Waals surface area contributed by atoms with Crippen LogP contribution in [0.5, 0.6) is 0 Å². The van der Waals surface area contributed by atoms with Crippen LogP contribution in [-0.2, 0) is 27.4 Å². The predicted octanol–water partition coefficient (Wildman–Crippen LogP) is 3.20. The minimum absolute atomic E-state index is 0.153. The SMILES string of the molecule is CC(C)=C[C@]1(COCc2ccccc2)OC(O)[C@H](O)[C@@H]1OCc1ccccc1. The van der Waals surface area contributed by atoms with Crippen LogP contribution in [0.25, 0.3) is 0 Å². The molecule has 2 aromatic carbocycles. The van der Waals surface area contributed by atoms with Crippen molar-refractivity contribution in [3.63, 3.8) is 0 Å². The fourth-order valence-corrected chi connectivity index (χ4v) is 3.47. The lowest BCUT2D eigenvalue weighted by Gasteiger charge is -2.32. The number of hydrogen-bond donors (Lipinski definition) is 2. The molecule has 1 aliphatic heterocycles. The van der Waals surface area contributed by atoms with Crippen LogP contribution in [0, 0.1) is 0 Å². The third kappa shape index (κ3) is 5.07. The van der Waals surface area contributed by atoms with Crippen molar-refractivity contribution in [1.29, 1.82) is 0 Å². The monoisotopic (exact) mass is 384 g/mol. The van der Waals surface area contributed by atoms with Gasteiger partial charge in [-0.05, 0) is 31.1 Å². The zero-order chi connectivity index (χ0) is 20.0. The Morgan fingerprint density at radius 1 is 0.964 bits per heavy atom. The quantitative estimate of drug-likeness (QED) is 0.684. The van der Waals surface area contributed by atoms with Gasteiger partial charge in [-0.2, -0.15) is 0 Å². The topological polar surface area (TPSA) is 68.2 Å². The molecule has 0 spiro atoms. The average molecular weight is 384 g/mol. The summed E-state index contributed by atoms with van der Waals surface area (Å²) in [5, 5.41) is 20.7. The minimum Gasteiger partial charge on any atom is -0.385 e. The molecule has 1 aliphatic rings. The summed E-state index contributed by atoms with van der Waals surface area (Å²) in [6.07, 6.45) is -1.39. The molecule has 1 heterocycles. The maximum absolute atomic E-state index is 10.5.